The number of hydrogen-bond acceptors (Lipinski definition) is 1. The molecule has 0 aliphatic heterocycles. The van der Waals surface area contributed by atoms with Crippen molar-refractivity contribution in [3.63, 3.8) is 0 Å². The smallest absolute Gasteiger partial charge is 0.0464 e. The maximum atomic E-state index is 3.66. The van der Waals surface area contributed by atoms with Crippen LogP contribution >= 0.6 is 0 Å². The maximum Gasteiger partial charge on any atom is 0.0464 e. The van der Waals surface area contributed by atoms with E-state index in [-0.39, 0.29) is 0 Å². The second-order valence-electron chi connectivity index (χ2n) is 6.45. The molecule has 0 fully saturated rings. The lowest BCUT2D eigenvalue weighted by atomic mass is 10.0. The zero-order valence-electron chi connectivity index (χ0n) is 14.8. The van der Waals surface area contributed by atoms with Crippen LogP contribution in [0.4, 0.5) is 11.4 Å². The minimum Gasteiger partial charge on any atom is -0.355 e. The Morgan fingerprint density at radius 3 is 1.69 bits per heavy atom. The van der Waals surface area contributed by atoms with Crippen LogP contribution in [-0.2, 0) is 0 Å². The molecule has 1 heteroatoms. The summed E-state index contributed by atoms with van der Waals surface area (Å²) in [6, 6.07) is 36.0. The van der Waals surface area contributed by atoms with Gasteiger partial charge in [-0.15, -0.1) is 0 Å². The van der Waals surface area contributed by atoms with E-state index in [0.717, 1.165) is 11.4 Å². The normalized spacial score (nSPS) is 10.5. The molecule has 0 aromatic heterocycles. The van der Waals surface area contributed by atoms with Gasteiger partial charge in [0.05, 0.1) is 0 Å². The minimum atomic E-state index is 1.11. The van der Waals surface area contributed by atoms with Crippen molar-refractivity contribution in [2.75, 3.05) is 5.32 Å². The van der Waals surface area contributed by atoms with Crippen molar-refractivity contribution in [2.24, 2.45) is 0 Å². The molecule has 0 saturated heterocycles. The fourth-order valence-corrected chi connectivity index (χ4v) is 3.26. The summed E-state index contributed by atoms with van der Waals surface area (Å²) in [5.74, 6) is 0. The van der Waals surface area contributed by atoms with Gasteiger partial charge in [-0.3, -0.25) is 0 Å². The van der Waals surface area contributed by atoms with Gasteiger partial charge < -0.3 is 5.32 Å². The maximum absolute atomic E-state index is 3.66. The van der Waals surface area contributed by atoms with Gasteiger partial charge in [0.2, 0.25) is 0 Å². The third-order valence-electron chi connectivity index (χ3n) is 4.54. The van der Waals surface area contributed by atoms with Crippen molar-refractivity contribution < 1.29 is 0 Å². The monoisotopic (exact) mass is 335 g/mol. The molecule has 0 spiro atoms. The lowest BCUT2D eigenvalue weighted by Crippen LogP contribution is -1.95. The minimum absolute atomic E-state index is 1.11. The first-order valence-electron chi connectivity index (χ1n) is 8.89. The van der Waals surface area contributed by atoms with Crippen LogP contribution in [-0.4, -0.2) is 0 Å². The van der Waals surface area contributed by atoms with Gasteiger partial charge in [0.15, 0.2) is 0 Å². The van der Waals surface area contributed by atoms with Gasteiger partial charge in [-0.1, -0.05) is 96.6 Å². The Balaban J connectivity index is 1.76. The van der Waals surface area contributed by atoms with Gasteiger partial charge in [0.1, 0.15) is 0 Å². The highest BCUT2D eigenvalue weighted by molar-refractivity contribution is 5.86. The second kappa shape index (κ2) is 7.28. The van der Waals surface area contributed by atoms with Gasteiger partial charge in [-0.2, -0.15) is 0 Å². The number of benzene rings is 4. The Kier molecular flexibility index (Phi) is 4.53. The molecule has 26 heavy (non-hydrogen) atoms. The van der Waals surface area contributed by atoms with Crippen LogP contribution in [0.25, 0.3) is 22.3 Å². The Morgan fingerprint density at radius 2 is 1.04 bits per heavy atom. The molecule has 4 aromatic rings. The molecule has 126 valence electrons. The van der Waals surface area contributed by atoms with E-state index in [9.17, 15) is 0 Å². The molecular formula is C25H21N. The molecule has 4 aromatic carbocycles. The van der Waals surface area contributed by atoms with Gasteiger partial charge in [0.25, 0.3) is 0 Å². The van der Waals surface area contributed by atoms with Crippen LogP contribution in [0.5, 0.6) is 0 Å². The summed E-state index contributed by atoms with van der Waals surface area (Å²) in [6.07, 6.45) is 0. The molecule has 0 atom stereocenters. The second-order valence-corrected chi connectivity index (χ2v) is 6.45. The first kappa shape index (κ1) is 16.2. The van der Waals surface area contributed by atoms with E-state index < -0.39 is 0 Å². The van der Waals surface area contributed by atoms with E-state index in [4.69, 9.17) is 0 Å². The highest BCUT2D eigenvalue weighted by Gasteiger charge is 2.08. The molecular weight excluding hydrogens is 314 g/mol. The van der Waals surface area contributed by atoms with Crippen molar-refractivity contribution in [1.29, 1.82) is 0 Å². The molecule has 1 nitrogen and oxygen atoms in total. The van der Waals surface area contributed by atoms with E-state index >= 15 is 0 Å². The Bertz CT molecular complexity index is 1020. The summed E-state index contributed by atoms with van der Waals surface area (Å²) >= 11 is 0. The van der Waals surface area contributed by atoms with Crippen molar-refractivity contribution in [3.8, 4) is 22.3 Å². The largest absolute Gasteiger partial charge is 0.355 e. The number of para-hydroxylation sites is 2. The standard InChI is InChI=1S/C25H21N/c1-19-10-9-13-21(18-19)23-15-6-8-17-25(23)26-24-16-7-5-14-22(24)20-11-3-2-4-12-20/h2-18,26H,1H3. The molecule has 0 radical (unpaired) electrons. The summed E-state index contributed by atoms with van der Waals surface area (Å²) in [6.45, 7) is 2.13. The molecule has 0 bridgehead atoms. The first-order valence-corrected chi connectivity index (χ1v) is 8.89. The van der Waals surface area contributed by atoms with Crippen LogP contribution in [0.2, 0.25) is 0 Å². The van der Waals surface area contributed by atoms with E-state index in [1.165, 1.54) is 27.8 Å². The predicted molar refractivity (Wildman–Crippen MR) is 112 cm³/mol. The molecule has 0 heterocycles. The molecule has 0 unspecified atom stereocenters. The van der Waals surface area contributed by atoms with Crippen LogP contribution in [0.15, 0.2) is 103 Å². The van der Waals surface area contributed by atoms with E-state index in [2.05, 4.69) is 109 Å². The van der Waals surface area contributed by atoms with Crippen molar-refractivity contribution in [2.45, 2.75) is 6.92 Å². The average molecular weight is 335 g/mol. The summed E-state index contributed by atoms with van der Waals surface area (Å²) in [5.41, 5.74) is 8.34. The zero-order chi connectivity index (χ0) is 17.8. The summed E-state index contributed by atoms with van der Waals surface area (Å²) < 4.78 is 0. The van der Waals surface area contributed by atoms with Crippen molar-refractivity contribution in [3.05, 3.63) is 109 Å². The molecule has 0 amide bonds. The van der Waals surface area contributed by atoms with Gasteiger partial charge in [0, 0.05) is 22.5 Å². The van der Waals surface area contributed by atoms with E-state index in [0.29, 0.717) is 0 Å². The highest BCUT2D eigenvalue weighted by Crippen LogP contribution is 2.34. The number of anilines is 2. The number of nitrogens with one attached hydrogen (secondary N) is 1. The number of rotatable bonds is 4. The van der Waals surface area contributed by atoms with E-state index in [1.807, 2.05) is 6.07 Å². The van der Waals surface area contributed by atoms with Crippen molar-refractivity contribution >= 4 is 11.4 Å². The number of hydrogen-bond donors (Lipinski definition) is 1. The third-order valence-corrected chi connectivity index (χ3v) is 4.54. The van der Waals surface area contributed by atoms with Gasteiger partial charge >= 0.3 is 0 Å². The van der Waals surface area contributed by atoms with Gasteiger partial charge in [-0.25, -0.2) is 0 Å². The van der Waals surface area contributed by atoms with Crippen LogP contribution < -0.4 is 5.32 Å². The Morgan fingerprint density at radius 1 is 0.500 bits per heavy atom. The van der Waals surface area contributed by atoms with E-state index in [1.54, 1.807) is 0 Å². The summed E-state index contributed by atoms with van der Waals surface area (Å²) in [5, 5.41) is 3.66. The predicted octanol–water partition coefficient (Wildman–Crippen LogP) is 7.07. The zero-order valence-corrected chi connectivity index (χ0v) is 14.8. The average Bonchev–Trinajstić information content (AvgIpc) is 2.69. The fourth-order valence-electron chi connectivity index (χ4n) is 3.26. The van der Waals surface area contributed by atoms with Crippen LogP contribution in [0, 0.1) is 6.92 Å². The molecule has 0 aliphatic carbocycles. The van der Waals surface area contributed by atoms with Gasteiger partial charge in [-0.05, 0) is 30.2 Å². The Labute approximate surface area is 155 Å². The van der Waals surface area contributed by atoms with Crippen LogP contribution in [0.3, 0.4) is 0 Å². The third kappa shape index (κ3) is 3.38. The van der Waals surface area contributed by atoms with Crippen molar-refractivity contribution in [1.82, 2.24) is 0 Å². The number of aryl methyl sites for hydroxylation is 1. The molecule has 0 saturated carbocycles. The molecule has 0 aliphatic rings. The molecule has 4 rings (SSSR count). The first-order chi connectivity index (χ1) is 12.8. The molecule has 1 N–H and O–H groups in total. The lowest BCUT2D eigenvalue weighted by Gasteiger charge is -2.16. The Hall–Kier alpha value is -3.32. The summed E-state index contributed by atoms with van der Waals surface area (Å²) in [4.78, 5) is 0. The highest BCUT2D eigenvalue weighted by atomic mass is 14.9. The fraction of sp³-hybridized carbons (Fsp3) is 0.0400. The summed E-state index contributed by atoms with van der Waals surface area (Å²) in [7, 11) is 0. The van der Waals surface area contributed by atoms with Crippen LogP contribution in [0.1, 0.15) is 5.56 Å². The lowest BCUT2D eigenvalue weighted by molar-refractivity contribution is 1.46. The topological polar surface area (TPSA) is 12.0 Å². The SMILES string of the molecule is Cc1cccc(-c2ccccc2Nc2ccccc2-c2ccccc2)c1. The quantitative estimate of drug-likeness (QED) is 0.420.